The molecule has 0 aliphatic heterocycles. The molecule has 2 aromatic rings. The van der Waals surface area contributed by atoms with Crippen molar-refractivity contribution < 1.29 is 9.94 Å². The van der Waals surface area contributed by atoms with E-state index in [9.17, 15) is 5.11 Å². The molecule has 0 aliphatic rings. The average Bonchev–Trinajstić information content (AvgIpc) is 2.68. The molecule has 0 aliphatic carbocycles. The molecular formula is C22H30N2O2. The van der Waals surface area contributed by atoms with E-state index in [1.165, 1.54) is 5.56 Å². The summed E-state index contributed by atoms with van der Waals surface area (Å²) >= 11 is 0. The first kappa shape index (κ1) is 20.0. The Kier molecular flexibility index (Phi) is 8.70. The van der Waals surface area contributed by atoms with Gasteiger partial charge in [0, 0.05) is 6.54 Å². The minimum atomic E-state index is 0.264. The molecule has 4 nitrogen and oxygen atoms in total. The number of nitrogens with zero attached hydrogens (tertiary/aromatic N) is 2. The zero-order chi connectivity index (χ0) is 18.6. The zero-order valence-electron chi connectivity index (χ0n) is 15.9. The Morgan fingerprint density at radius 2 is 1.69 bits per heavy atom. The lowest BCUT2D eigenvalue weighted by molar-refractivity contribution is 0.114. The molecule has 0 saturated carbocycles. The second-order valence-electron chi connectivity index (χ2n) is 6.28. The summed E-state index contributed by atoms with van der Waals surface area (Å²) in [6.07, 6.45) is 2.85. The lowest BCUT2D eigenvalue weighted by Crippen LogP contribution is -2.26. The standard InChI is InChI=1S/C22H30N2O2/c1-3-24(4-2)17-18-26-23-22(20-13-15-21(25)16-14-20)12-8-11-19-9-6-5-7-10-19/h5-7,9-10,13-16,25H,3-4,8,11-12,17-18H2,1-2H3. The van der Waals surface area contributed by atoms with Gasteiger partial charge in [0.2, 0.25) is 0 Å². The fraction of sp³-hybridized carbons (Fsp3) is 0.409. The van der Waals surface area contributed by atoms with Gasteiger partial charge in [-0.05, 0) is 67.7 Å². The van der Waals surface area contributed by atoms with Gasteiger partial charge in [-0.3, -0.25) is 0 Å². The molecule has 1 N–H and O–H groups in total. The van der Waals surface area contributed by atoms with Gasteiger partial charge in [0.05, 0.1) is 5.71 Å². The number of benzene rings is 2. The maximum absolute atomic E-state index is 9.52. The van der Waals surface area contributed by atoms with E-state index in [1.807, 2.05) is 18.2 Å². The SMILES string of the molecule is CCN(CC)CCON=C(CCCc1ccccc1)c1ccc(O)cc1. The molecular weight excluding hydrogens is 324 g/mol. The number of likely N-dealkylation sites (N-methyl/N-ethyl adjacent to an activating group) is 1. The smallest absolute Gasteiger partial charge is 0.129 e. The van der Waals surface area contributed by atoms with Crippen molar-refractivity contribution >= 4 is 5.71 Å². The highest BCUT2D eigenvalue weighted by Gasteiger charge is 2.06. The highest BCUT2D eigenvalue weighted by Crippen LogP contribution is 2.14. The third-order valence-electron chi connectivity index (χ3n) is 4.49. The van der Waals surface area contributed by atoms with E-state index in [4.69, 9.17) is 4.84 Å². The summed E-state index contributed by atoms with van der Waals surface area (Å²) < 4.78 is 0. The van der Waals surface area contributed by atoms with Crippen molar-refractivity contribution in [2.45, 2.75) is 33.1 Å². The first-order valence-corrected chi connectivity index (χ1v) is 9.47. The Bertz CT molecular complexity index is 650. The minimum Gasteiger partial charge on any atom is -0.508 e. The number of hydrogen-bond acceptors (Lipinski definition) is 4. The summed E-state index contributed by atoms with van der Waals surface area (Å²) in [5.74, 6) is 0.264. The summed E-state index contributed by atoms with van der Waals surface area (Å²) in [6, 6.07) is 17.7. The molecule has 0 radical (unpaired) electrons. The van der Waals surface area contributed by atoms with Crippen LogP contribution in [0.3, 0.4) is 0 Å². The minimum absolute atomic E-state index is 0.264. The molecule has 0 amide bonds. The van der Waals surface area contributed by atoms with E-state index >= 15 is 0 Å². The van der Waals surface area contributed by atoms with Crippen LogP contribution >= 0.6 is 0 Å². The number of aromatic hydroxyl groups is 1. The van der Waals surface area contributed by atoms with Gasteiger partial charge in [0.25, 0.3) is 0 Å². The predicted molar refractivity (Wildman–Crippen MR) is 108 cm³/mol. The van der Waals surface area contributed by atoms with Gasteiger partial charge >= 0.3 is 0 Å². The maximum Gasteiger partial charge on any atom is 0.129 e. The number of rotatable bonds is 11. The average molecular weight is 354 g/mol. The van der Waals surface area contributed by atoms with Crippen molar-refractivity contribution in [1.82, 2.24) is 4.90 Å². The van der Waals surface area contributed by atoms with Crippen molar-refractivity contribution in [1.29, 1.82) is 0 Å². The van der Waals surface area contributed by atoms with E-state index in [0.29, 0.717) is 6.61 Å². The monoisotopic (exact) mass is 354 g/mol. The fourth-order valence-electron chi connectivity index (χ4n) is 2.83. The molecule has 2 aromatic carbocycles. The lowest BCUT2D eigenvalue weighted by Gasteiger charge is -2.16. The normalized spacial score (nSPS) is 11.7. The van der Waals surface area contributed by atoms with Crippen LogP contribution in [0.4, 0.5) is 0 Å². The van der Waals surface area contributed by atoms with Crippen molar-refractivity contribution in [3.8, 4) is 5.75 Å². The quantitative estimate of drug-likeness (QED) is 0.368. The van der Waals surface area contributed by atoms with Crippen LogP contribution in [0.25, 0.3) is 0 Å². The molecule has 140 valence electrons. The van der Waals surface area contributed by atoms with Crippen LogP contribution in [0.2, 0.25) is 0 Å². The van der Waals surface area contributed by atoms with Crippen LogP contribution in [-0.4, -0.2) is 42.0 Å². The molecule has 26 heavy (non-hydrogen) atoms. The van der Waals surface area contributed by atoms with E-state index in [-0.39, 0.29) is 5.75 Å². The predicted octanol–water partition coefficient (Wildman–Crippen LogP) is 4.48. The van der Waals surface area contributed by atoms with Gasteiger partial charge in [0.15, 0.2) is 0 Å². The summed E-state index contributed by atoms with van der Waals surface area (Å²) in [5, 5.41) is 13.9. The van der Waals surface area contributed by atoms with E-state index < -0.39 is 0 Å². The zero-order valence-corrected chi connectivity index (χ0v) is 15.9. The summed E-state index contributed by atoms with van der Waals surface area (Å²) in [6.45, 7) is 7.80. The number of oxime groups is 1. The summed E-state index contributed by atoms with van der Waals surface area (Å²) in [7, 11) is 0. The van der Waals surface area contributed by atoms with Gasteiger partial charge in [-0.1, -0.05) is 49.3 Å². The Hall–Kier alpha value is -2.33. The van der Waals surface area contributed by atoms with Gasteiger partial charge in [-0.15, -0.1) is 0 Å². The molecule has 0 aromatic heterocycles. The molecule has 0 heterocycles. The van der Waals surface area contributed by atoms with E-state index in [0.717, 1.165) is 50.2 Å². The molecule has 0 bridgehead atoms. The van der Waals surface area contributed by atoms with Crippen LogP contribution in [0.5, 0.6) is 5.75 Å². The molecule has 0 unspecified atom stereocenters. The highest BCUT2D eigenvalue weighted by atomic mass is 16.6. The first-order valence-electron chi connectivity index (χ1n) is 9.47. The molecule has 2 rings (SSSR count). The lowest BCUT2D eigenvalue weighted by atomic mass is 10.0. The molecule has 4 heteroatoms. The van der Waals surface area contributed by atoms with Crippen LogP contribution in [-0.2, 0) is 11.3 Å². The van der Waals surface area contributed by atoms with Gasteiger partial charge in [0.1, 0.15) is 12.4 Å². The van der Waals surface area contributed by atoms with Crippen LogP contribution in [0, 0.1) is 0 Å². The molecule has 0 spiro atoms. The van der Waals surface area contributed by atoms with Crippen molar-refractivity contribution in [2.75, 3.05) is 26.2 Å². The second kappa shape index (κ2) is 11.3. The third-order valence-corrected chi connectivity index (χ3v) is 4.49. The maximum atomic E-state index is 9.52. The summed E-state index contributed by atoms with van der Waals surface area (Å²) in [5.41, 5.74) is 3.26. The Morgan fingerprint density at radius 3 is 2.35 bits per heavy atom. The number of phenols is 1. The van der Waals surface area contributed by atoms with Gasteiger partial charge in [-0.25, -0.2) is 0 Å². The number of phenolic OH excluding ortho intramolecular Hbond substituents is 1. The van der Waals surface area contributed by atoms with Crippen molar-refractivity contribution in [2.24, 2.45) is 5.16 Å². The van der Waals surface area contributed by atoms with Crippen molar-refractivity contribution in [3.05, 3.63) is 65.7 Å². The molecule has 0 fully saturated rings. The number of aryl methyl sites for hydroxylation is 1. The Morgan fingerprint density at radius 1 is 1.00 bits per heavy atom. The summed E-state index contributed by atoms with van der Waals surface area (Å²) in [4.78, 5) is 7.91. The molecule has 0 saturated heterocycles. The molecule has 0 atom stereocenters. The first-order chi connectivity index (χ1) is 12.7. The number of hydrogen-bond donors (Lipinski definition) is 1. The topological polar surface area (TPSA) is 45.1 Å². The van der Waals surface area contributed by atoms with Crippen LogP contribution < -0.4 is 0 Å². The van der Waals surface area contributed by atoms with E-state index in [1.54, 1.807) is 12.1 Å². The highest BCUT2D eigenvalue weighted by molar-refractivity contribution is 6.00. The fourth-order valence-corrected chi connectivity index (χ4v) is 2.83. The Balaban J connectivity index is 1.94. The Labute approximate surface area is 157 Å². The second-order valence-corrected chi connectivity index (χ2v) is 6.28. The van der Waals surface area contributed by atoms with Crippen molar-refractivity contribution in [3.63, 3.8) is 0 Å². The van der Waals surface area contributed by atoms with Gasteiger partial charge < -0.3 is 14.8 Å². The van der Waals surface area contributed by atoms with Crippen LogP contribution in [0.15, 0.2) is 59.8 Å². The van der Waals surface area contributed by atoms with E-state index in [2.05, 4.69) is 48.2 Å². The van der Waals surface area contributed by atoms with Gasteiger partial charge in [-0.2, -0.15) is 0 Å². The van der Waals surface area contributed by atoms with Crippen LogP contribution in [0.1, 0.15) is 37.8 Å². The largest absolute Gasteiger partial charge is 0.508 e. The third kappa shape index (κ3) is 6.89.